The van der Waals surface area contributed by atoms with Crippen LogP contribution in [0.3, 0.4) is 0 Å². The minimum atomic E-state index is -4.50. The SMILES string of the molecule is C=C[C@@H]1C[C@]1(NC(=O)[C@@H]1CC(Oc2cc(-c3csc(NC(C)C)n3)nc3c(Cl)c(C)ccc23)CN1C(=O)[C@@H](NC(=O)OC1CCCC1)C(C)(C)C)C(=O)NC(=O)NS(=O)(=O)OC1CC1. The summed E-state index contributed by atoms with van der Waals surface area (Å²) in [5.41, 5.74) is -0.267. The van der Waals surface area contributed by atoms with E-state index < -0.39 is 81.3 Å². The molecule has 64 heavy (non-hydrogen) atoms. The van der Waals surface area contributed by atoms with Crippen LogP contribution in [0.1, 0.15) is 91.5 Å². The monoisotopic (exact) mass is 942 g/mol. The molecule has 1 unspecified atom stereocenters. The van der Waals surface area contributed by atoms with Gasteiger partial charge in [-0.05, 0) is 82.8 Å². The Morgan fingerprint density at radius 2 is 1.75 bits per heavy atom. The Morgan fingerprint density at radius 3 is 2.39 bits per heavy atom. The van der Waals surface area contributed by atoms with E-state index in [0.29, 0.717) is 51.0 Å². The second-order valence-electron chi connectivity index (χ2n) is 18.3. The average molecular weight is 944 g/mol. The van der Waals surface area contributed by atoms with Crippen LogP contribution < -0.4 is 30.7 Å². The van der Waals surface area contributed by atoms with Crippen LogP contribution in [0, 0.1) is 18.3 Å². The molecule has 3 saturated carbocycles. The zero-order chi connectivity index (χ0) is 46.3. The van der Waals surface area contributed by atoms with Crippen LogP contribution in [0.25, 0.3) is 22.3 Å². The predicted molar refractivity (Wildman–Crippen MR) is 240 cm³/mol. The summed E-state index contributed by atoms with van der Waals surface area (Å²) in [7, 11) is -4.50. The first-order valence-electron chi connectivity index (χ1n) is 21.4. The largest absolute Gasteiger partial charge is 0.488 e. The molecule has 4 aliphatic rings. The van der Waals surface area contributed by atoms with Crippen LogP contribution in [0.4, 0.5) is 14.7 Å². The van der Waals surface area contributed by atoms with Crippen molar-refractivity contribution in [1.82, 2.24) is 35.5 Å². The van der Waals surface area contributed by atoms with Crippen LogP contribution in [0.15, 0.2) is 36.2 Å². The van der Waals surface area contributed by atoms with E-state index in [1.165, 1.54) is 22.3 Å². The first-order valence-corrected chi connectivity index (χ1v) is 24.1. The van der Waals surface area contributed by atoms with Gasteiger partial charge in [-0.25, -0.2) is 24.3 Å². The number of amides is 6. The van der Waals surface area contributed by atoms with E-state index >= 15 is 0 Å². The molecule has 7 rings (SSSR count). The summed E-state index contributed by atoms with van der Waals surface area (Å²) in [6.07, 6.45) is 3.33. The van der Waals surface area contributed by atoms with Crippen molar-refractivity contribution in [3.05, 3.63) is 46.8 Å². The Balaban J connectivity index is 1.19. The maximum atomic E-state index is 14.8. The smallest absolute Gasteiger partial charge is 0.408 e. The molecule has 6 amide bonds. The van der Waals surface area contributed by atoms with Crippen LogP contribution in [-0.4, -0.2) is 102 Å². The number of aryl methyl sites for hydroxylation is 1. The van der Waals surface area contributed by atoms with Gasteiger partial charge < -0.3 is 30.3 Å². The zero-order valence-corrected chi connectivity index (χ0v) is 39.0. The number of aromatic nitrogens is 2. The van der Waals surface area contributed by atoms with E-state index in [1.807, 2.05) is 43.6 Å². The Bertz CT molecular complexity index is 2450. The number of pyridine rings is 1. The van der Waals surface area contributed by atoms with Crippen molar-refractivity contribution >= 4 is 79.1 Å². The fourth-order valence-corrected chi connectivity index (χ4v) is 9.93. The maximum absolute atomic E-state index is 14.8. The molecule has 1 aromatic carbocycles. The third-order valence-electron chi connectivity index (χ3n) is 11.6. The van der Waals surface area contributed by atoms with Crippen molar-refractivity contribution in [2.24, 2.45) is 11.3 Å². The lowest BCUT2D eigenvalue weighted by atomic mass is 9.85. The fraction of sp³-hybridized carbons (Fsp3) is 0.558. The Labute approximate surface area is 381 Å². The minimum absolute atomic E-state index is 0.0312. The number of fused-ring (bicyclic) bond motifs is 1. The average Bonchev–Trinajstić information content (AvgIpc) is 3.91. The summed E-state index contributed by atoms with van der Waals surface area (Å²) >= 11 is 8.27. The van der Waals surface area contributed by atoms with Gasteiger partial charge in [-0.2, -0.15) is 8.42 Å². The van der Waals surface area contributed by atoms with Gasteiger partial charge in [-0.15, -0.1) is 17.9 Å². The van der Waals surface area contributed by atoms with Gasteiger partial charge in [0.1, 0.15) is 41.3 Å². The van der Waals surface area contributed by atoms with E-state index in [9.17, 15) is 32.4 Å². The molecule has 5 N–H and O–H groups in total. The van der Waals surface area contributed by atoms with Crippen molar-refractivity contribution in [2.75, 3.05) is 11.9 Å². The molecule has 1 aliphatic heterocycles. The standard InChI is InChI=1S/C43H55ClN8O10S2/c1-8-24-19-43(24,38(55)49-39(56)51-64(58,59)62-26-14-15-26)50-36(53)31-17-27(20-52(31)37(54)35(42(5,6)7)48-41(57)61-25-11-9-10-12-25)60-32-18-29(30-21-63-40(47-30)45-22(2)3)46-34-28(32)16-13-23(4)33(34)44/h8,13,16,18,21-22,24-27,31,35H,1,9-12,14-15,17,19-20H2,2-7H3,(H,45,47)(H,48,57)(H,50,53)(H2,49,51,55,56)/t24-,27?,31+,35-,43-/m1/s1. The molecule has 3 aromatic rings. The van der Waals surface area contributed by atoms with Crippen LogP contribution in [-0.2, 0) is 33.6 Å². The molecule has 0 bridgehead atoms. The van der Waals surface area contributed by atoms with Crippen molar-refractivity contribution in [1.29, 1.82) is 0 Å². The number of halogens is 1. The number of ether oxygens (including phenoxy) is 2. The lowest BCUT2D eigenvalue weighted by molar-refractivity contribution is -0.143. The van der Waals surface area contributed by atoms with Gasteiger partial charge in [-0.1, -0.05) is 44.5 Å². The van der Waals surface area contributed by atoms with Gasteiger partial charge in [0, 0.05) is 35.2 Å². The summed E-state index contributed by atoms with van der Waals surface area (Å²) in [5, 5.41) is 14.4. The van der Waals surface area contributed by atoms with E-state index in [0.717, 1.165) is 31.2 Å². The number of urea groups is 1. The highest BCUT2D eigenvalue weighted by Gasteiger charge is 2.61. The first-order chi connectivity index (χ1) is 30.2. The number of alkyl carbamates (subject to hydrolysis) is 1. The number of nitrogens with zero attached hydrogens (tertiary/aromatic N) is 3. The van der Waals surface area contributed by atoms with E-state index in [-0.39, 0.29) is 31.5 Å². The molecule has 3 aliphatic carbocycles. The van der Waals surface area contributed by atoms with Gasteiger partial charge in [0.15, 0.2) is 5.13 Å². The van der Waals surface area contributed by atoms with Crippen molar-refractivity contribution in [3.63, 3.8) is 0 Å². The molecule has 346 valence electrons. The van der Waals surface area contributed by atoms with Gasteiger partial charge in [0.05, 0.1) is 28.9 Å². The number of rotatable bonds is 15. The third kappa shape index (κ3) is 10.7. The van der Waals surface area contributed by atoms with E-state index in [2.05, 4.69) is 22.5 Å². The number of imide groups is 1. The molecule has 0 spiro atoms. The highest BCUT2D eigenvalue weighted by molar-refractivity contribution is 7.85. The van der Waals surface area contributed by atoms with Crippen LogP contribution in [0.2, 0.25) is 5.02 Å². The van der Waals surface area contributed by atoms with Gasteiger partial charge in [0.2, 0.25) is 11.8 Å². The highest BCUT2D eigenvalue weighted by Crippen LogP contribution is 2.45. The van der Waals surface area contributed by atoms with Crippen molar-refractivity contribution < 1.29 is 46.0 Å². The second kappa shape index (κ2) is 18.4. The highest BCUT2D eigenvalue weighted by atomic mass is 35.5. The number of thiazole rings is 1. The quantitative estimate of drug-likeness (QED) is 0.112. The Morgan fingerprint density at radius 1 is 1.03 bits per heavy atom. The maximum Gasteiger partial charge on any atom is 0.408 e. The Kier molecular flexibility index (Phi) is 13.5. The summed E-state index contributed by atoms with van der Waals surface area (Å²) in [4.78, 5) is 80.1. The lowest BCUT2D eigenvalue weighted by Crippen LogP contribution is -2.60. The molecule has 21 heteroatoms. The lowest BCUT2D eigenvalue weighted by Gasteiger charge is -2.35. The number of hydrogen-bond donors (Lipinski definition) is 5. The normalized spacial score (nSPS) is 22.8. The molecule has 0 radical (unpaired) electrons. The number of likely N-dealkylation sites (tertiary alicyclic amines) is 1. The second-order valence-corrected chi connectivity index (χ2v) is 20.9. The molecular weight excluding hydrogens is 888 g/mol. The zero-order valence-electron chi connectivity index (χ0n) is 36.6. The van der Waals surface area contributed by atoms with Gasteiger partial charge in [-0.3, -0.25) is 23.9 Å². The summed E-state index contributed by atoms with van der Waals surface area (Å²) in [6.45, 7) is 14.9. The van der Waals surface area contributed by atoms with Gasteiger partial charge >= 0.3 is 22.4 Å². The molecular formula is C43H55ClN8O10S2. The summed E-state index contributed by atoms with van der Waals surface area (Å²) in [6, 6.07) is 1.76. The third-order valence-corrected chi connectivity index (χ3v) is 13.8. The number of benzene rings is 1. The minimum Gasteiger partial charge on any atom is -0.488 e. The molecule has 2 aromatic heterocycles. The number of carbonyl (C=O) groups excluding carboxylic acids is 5. The fourth-order valence-electron chi connectivity index (χ4n) is 8.00. The van der Waals surface area contributed by atoms with E-state index in [1.54, 1.807) is 31.6 Å². The van der Waals surface area contributed by atoms with Gasteiger partial charge in [0.25, 0.3) is 5.91 Å². The molecule has 5 atom stereocenters. The number of hydrogen-bond acceptors (Lipinski definition) is 14. The Hall–Kier alpha value is -5.05. The summed E-state index contributed by atoms with van der Waals surface area (Å²) in [5.74, 6) is -2.62. The molecule has 3 heterocycles. The van der Waals surface area contributed by atoms with Crippen LogP contribution in [0.5, 0.6) is 5.75 Å². The predicted octanol–water partition coefficient (Wildman–Crippen LogP) is 5.88. The van der Waals surface area contributed by atoms with Crippen molar-refractivity contribution in [2.45, 2.75) is 135 Å². The number of nitrogens with one attached hydrogen (secondary N) is 5. The van der Waals surface area contributed by atoms with E-state index in [4.69, 9.17) is 35.2 Å². The molecule has 18 nitrogen and oxygen atoms in total. The number of carbonyl (C=O) groups is 5. The first kappa shape index (κ1) is 46.9. The molecule has 4 fully saturated rings. The van der Waals surface area contributed by atoms with Crippen molar-refractivity contribution in [3.8, 4) is 17.1 Å². The van der Waals surface area contributed by atoms with Crippen LogP contribution >= 0.6 is 22.9 Å². The molecule has 1 saturated heterocycles. The topological polar surface area (TPSA) is 236 Å². The summed E-state index contributed by atoms with van der Waals surface area (Å²) < 4.78 is 43.5. The number of anilines is 1.